The van der Waals surface area contributed by atoms with E-state index in [1.165, 1.54) is 4.90 Å². The van der Waals surface area contributed by atoms with E-state index in [2.05, 4.69) is 5.32 Å². The number of imide groups is 1. The normalized spacial score (nSPS) is 17.7. The molecular formula is C18H18N2O2S. The molecule has 0 radical (unpaired) electrons. The largest absolute Gasteiger partial charge is 0.365 e. The van der Waals surface area contributed by atoms with Gasteiger partial charge in [-0.05, 0) is 55.8 Å². The number of benzene rings is 2. The summed E-state index contributed by atoms with van der Waals surface area (Å²) >= 11 is 1.02. The van der Waals surface area contributed by atoms with Gasteiger partial charge in [0.25, 0.3) is 11.1 Å². The van der Waals surface area contributed by atoms with E-state index < -0.39 is 5.37 Å². The van der Waals surface area contributed by atoms with Crippen LogP contribution in [0.4, 0.5) is 16.2 Å². The summed E-state index contributed by atoms with van der Waals surface area (Å²) in [4.78, 5) is 26.2. The van der Waals surface area contributed by atoms with Crippen molar-refractivity contribution in [3.05, 3.63) is 59.2 Å². The highest BCUT2D eigenvalue weighted by molar-refractivity contribution is 8.16. The van der Waals surface area contributed by atoms with Crippen molar-refractivity contribution >= 4 is 34.3 Å². The zero-order valence-corrected chi connectivity index (χ0v) is 14.1. The van der Waals surface area contributed by atoms with Gasteiger partial charge in [0.1, 0.15) is 0 Å². The predicted octanol–water partition coefficient (Wildman–Crippen LogP) is 4.25. The summed E-state index contributed by atoms with van der Waals surface area (Å²) in [5, 5.41) is 2.35. The van der Waals surface area contributed by atoms with Crippen LogP contribution in [0.25, 0.3) is 0 Å². The van der Waals surface area contributed by atoms with Gasteiger partial charge in [0.05, 0.1) is 5.69 Å². The zero-order valence-electron chi connectivity index (χ0n) is 13.3. The van der Waals surface area contributed by atoms with Crippen LogP contribution in [0.1, 0.15) is 16.7 Å². The molecule has 0 aliphatic carbocycles. The van der Waals surface area contributed by atoms with Gasteiger partial charge in [-0.15, -0.1) is 0 Å². The highest BCUT2D eigenvalue weighted by atomic mass is 32.2. The highest BCUT2D eigenvalue weighted by Crippen LogP contribution is 2.34. The lowest BCUT2D eigenvalue weighted by Gasteiger charge is -2.17. The summed E-state index contributed by atoms with van der Waals surface area (Å²) in [7, 11) is 0. The monoisotopic (exact) mass is 326 g/mol. The molecule has 1 aliphatic heterocycles. The fourth-order valence-electron chi connectivity index (χ4n) is 2.65. The van der Waals surface area contributed by atoms with Crippen LogP contribution in [-0.2, 0) is 4.79 Å². The third kappa shape index (κ3) is 2.97. The Hall–Kier alpha value is -2.27. The predicted molar refractivity (Wildman–Crippen MR) is 95.0 cm³/mol. The summed E-state index contributed by atoms with van der Waals surface area (Å²) in [6.45, 7) is 5.90. The van der Waals surface area contributed by atoms with Gasteiger partial charge in [-0.2, -0.15) is 0 Å². The molecule has 1 N–H and O–H groups in total. The van der Waals surface area contributed by atoms with Crippen molar-refractivity contribution in [2.24, 2.45) is 0 Å². The second-order valence-electron chi connectivity index (χ2n) is 5.69. The number of rotatable bonds is 3. The summed E-state index contributed by atoms with van der Waals surface area (Å²) in [5.41, 5.74) is 4.65. The Morgan fingerprint density at radius 3 is 2.43 bits per heavy atom. The molecule has 2 aromatic carbocycles. The lowest BCUT2D eigenvalue weighted by molar-refractivity contribution is -0.116. The highest BCUT2D eigenvalue weighted by Gasteiger charge is 2.41. The number of para-hydroxylation sites is 1. The zero-order chi connectivity index (χ0) is 16.6. The van der Waals surface area contributed by atoms with Crippen LogP contribution in [0.15, 0.2) is 42.5 Å². The van der Waals surface area contributed by atoms with E-state index in [-0.39, 0.29) is 11.1 Å². The Kier molecular flexibility index (Phi) is 4.13. The van der Waals surface area contributed by atoms with Crippen LogP contribution in [0.2, 0.25) is 0 Å². The van der Waals surface area contributed by atoms with E-state index in [1.807, 2.05) is 57.2 Å². The second kappa shape index (κ2) is 6.08. The Labute approximate surface area is 139 Å². The minimum atomic E-state index is -0.594. The Balaban J connectivity index is 1.85. The third-order valence-electron chi connectivity index (χ3n) is 3.87. The number of hydrogen-bond acceptors (Lipinski definition) is 4. The van der Waals surface area contributed by atoms with Gasteiger partial charge in [0, 0.05) is 5.69 Å². The molecule has 118 valence electrons. The SMILES string of the molecule is Cc1ccc(NC2SC(=O)N(c3ccccc3C)C2=O)c(C)c1. The van der Waals surface area contributed by atoms with E-state index in [0.29, 0.717) is 5.69 Å². The molecule has 1 fully saturated rings. The molecule has 4 nitrogen and oxygen atoms in total. The molecule has 1 saturated heterocycles. The van der Waals surface area contributed by atoms with Crippen molar-refractivity contribution in [2.75, 3.05) is 10.2 Å². The van der Waals surface area contributed by atoms with Crippen molar-refractivity contribution in [3.8, 4) is 0 Å². The van der Waals surface area contributed by atoms with Crippen LogP contribution >= 0.6 is 11.8 Å². The number of nitrogens with zero attached hydrogens (tertiary/aromatic N) is 1. The van der Waals surface area contributed by atoms with Crippen molar-refractivity contribution in [1.82, 2.24) is 0 Å². The van der Waals surface area contributed by atoms with Crippen LogP contribution in [-0.4, -0.2) is 16.5 Å². The fraction of sp³-hybridized carbons (Fsp3) is 0.222. The molecule has 1 heterocycles. The van der Waals surface area contributed by atoms with E-state index in [0.717, 1.165) is 34.1 Å². The lowest BCUT2D eigenvalue weighted by atomic mass is 10.1. The summed E-state index contributed by atoms with van der Waals surface area (Å²) < 4.78 is 0. The number of carbonyl (C=O) groups is 2. The van der Waals surface area contributed by atoms with E-state index >= 15 is 0 Å². The average molecular weight is 326 g/mol. The van der Waals surface area contributed by atoms with Crippen LogP contribution in [0.5, 0.6) is 0 Å². The first-order valence-corrected chi connectivity index (χ1v) is 8.29. The second-order valence-corrected chi connectivity index (χ2v) is 6.74. The standard InChI is InChI=1S/C18H18N2O2S/c1-11-8-9-14(13(3)10-11)19-16-17(21)20(18(22)23-16)15-7-5-4-6-12(15)2/h4-10,16,19H,1-3H3. The first-order valence-electron chi connectivity index (χ1n) is 7.41. The number of thioether (sulfide) groups is 1. The van der Waals surface area contributed by atoms with Crippen molar-refractivity contribution < 1.29 is 9.59 Å². The Bertz CT molecular complexity index is 788. The molecule has 1 unspecified atom stereocenters. The summed E-state index contributed by atoms with van der Waals surface area (Å²) in [6, 6.07) is 13.4. The van der Waals surface area contributed by atoms with Gasteiger partial charge in [0.2, 0.25) is 0 Å². The number of nitrogens with one attached hydrogen (secondary N) is 1. The van der Waals surface area contributed by atoms with Gasteiger partial charge < -0.3 is 5.32 Å². The van der Waals surface area contributed by atoms with Gasteiger partial charge in [-0.25, -0.2) is 4.90 Å². The average Bonchev–Trinajstić information content (AvgIpc) is 2.77. The smallest absolute Gasteiger partial charge is 0.295 e. The van der Waals surface area contributed by atoms with Crippen LogP contribution in [0.3, 0.4) is 0 Å². The molecule has 0 spiro atoms. The molecule has 3 rings (SSSR count). The molecule has 1 atom stereocenters. The van der Waals surface area contributed by atoms with E-state index in [9.17, 15) is 9.59 Å². The van der Waals surface area contributed by atoms with Crippen LogP contribution < -0.4 is 10.2 Å². The molecule has 0 bridgehead atoms. The summed E-state index contributed by atoms with van der Waals surface area (Å²) in [6.07, 6.45) is 0. The number of aryl methyl sites for hydroxylation is 3. The number of amides is 2. The topological polar surface area (TPSA) is 49.4 Å². The molecule has 0 saturated carbocycles. The maximum atomic E-state index is 12.7. The van der Waals surface area contributed by atoms with Crippen molar-refractivity contribution in [1.29, 1.82) is 0 Å². The van der Waals surface area contributed by atoms with Crippen LogP contribution in [0, 0.1) is 20.8 Å². The van der Waals surface area contributed by atoms with E-state index in [4.69, 9.17) is 0 Å². The molecule has 2 aromatic rings. The molecule has 2 amide bonds. The van der Waals surface area contributed by atoms with Crippen molar-refractivity contribution in [2.45, 2.75) is 26.1 Å². The lowest BCUT2D eigenvalue weighted by Crippen LogP contribution is -2.34. The molecule has 1 aliphatic rings. The Morgan fingerprint density at radius 2 is 1.74 bits per heavy atom. The fourth-order valence-corrected chi connectivity index (χ4v) is 3.54. The first-order chi connectivity index (χ1) is 11.0. The minimum Gasteiger partial charge on any atom is -0.365 e. The maximum Gasteiger partial charge on any atom is 0.295 e. The molecule has 23 heavy (non-hydrogen) atoms. The van der Waals surface area contributed by atoms with Gasteiger partial charge in [-0.3, -0.25) is 9.59 Å². The summed E-state index contributed by atoms with van der Waals surface area (Å²) in [5.74, 6) is -0.228. The van der Waals surface area contributed by atoms with E-state index in [1.54, 1.807) is 6.07 Å². The first kappa shape index (κ1) is 15.6. The number of carbonyl (C=O) groups excluding carboxylic acids is 2. The number of hydrogen-bond donors (Lipinski definition) is 1. The van der Waals surface area contributed by atoms with Crippen molar-refractivity contribution in [3.63, 3.8) is 0 Å². The Morgan fingerprint density at radius 1 is 1.00 bits per heavy atom. The molecule has 5 heteroatoms. The van der Waals surface area contributed by atoms with Gasteiger partial charge in [-0.1, -0.05) is 35.9 Å². The van der Waals surface area contributed by atoms with Gasteiger partial charge >= 0.3 is 0 Å². The maximum absolute atomic E-state index is 12.7. The quantitative estimate of drug-likeness (QED) is 0.916. The minimum absolute atomic E-state index is 0.228. The molecule has 0 aromatic heterocycles. The third-order valence-corrected chi connectivity index (χ3v) is 4.81. The number of anilines is 2. The van der Waals surface area contributed by atoms with Gasteiger partial charge in [0.15, 0.2) is 5.37 Å². The molecular weight excluding hydrogens is 308 g/mol.